The van der Waals surface area contributed by atoms with E-state index in [1.165, 1.54) is 0 Å². The lowest BCUT2D eigenvalue weighted by Gasteiger charge is -2.31. The van der Waals surface area contributed by atoms with Crippen LogP contribution in [0.15, 0.2) is 46.1 Å². The number of alkyl halides is 1. The molecule has 1 aromatic carbocycles. The minimum Gasteiger partial charge on any atom is -0.455 e. The number of carbonyl (C=O) groups excluding carboxylic acids is 1. The monoisotopic (exact) mass is 574 g/mol. The summed E-state index contributed by atoms with van der Waals surface area (Å²) in [6.45, 7) is 5.37. The third kappa shape index (κ3) is 6.11. The molecule has 2 aliphatic rings. The number of aromatic amines is 1. The first kappa shape index (κ1) is 28.7. The van der Waals surface area contributed by atoms with E-state index >= 15 is 4.39 Å². The number of ether oxygens (including phenoxy) is 2. The van der Waals surface area contributed by atoms with Gasteiger partial charge in [0.25, 0.3) is 5.56 Å². The van der Waals surface area contributed by atoms with Crippen molar-refractivity contribution in [1.82, 2.24) is 9.55 Å². The number of phosphoric ester groups is 1. The number of benzene rings is 1. The highest BCUT2D eigenvalue weighted by Gasteiger charge is 2.59. The molecule has 38 heavy (non-hydrogen) atoms. The van der Waals surface area contributed by atoms with Crippen LogP contribution in [0.4, 0.5) is 4.39 Å². The van der Waals surface area contributed by atoms with Gasteiger partial charge in [-0.2, -0.15) is 0 Å². The van der Waals surface area contributed by atoms with Crippen molar-refractivity contribution in [3.63, 3.8) is 0 Å². The lowest BCUT2D eigenvalue weighted by Crippen LogP contribution is -2.47. The summed E-state index contributed by atoms with van der Waals surface area (Å²) in [5, 5.41) is 0.474. The van der Waals surface area contributed by atoms with Crippen LogP contribution in [-0.2, 0) is 32.4 Å². The van der Waals surface area contributed by atoms with Gasteiger partial charge in [0.1, 0.15) is 6.10 Å². The van der Waals surface area contributed by atoms with Gasteiger partial charge in [-0.3, -0.25) is 32.7 Å². The van der Waals surface area contributed by atoms with Gasteiger partial charge >= 0.3 is 19.5 Å². The van der Waals surface area contributed by atoms with E-state index in [2.05, 4.69) is 0 Å². The highest BCUT2D eigenvalue weighted by Crippen LogP contribution is 2.57. The SMILES string of the molecule is CC(C)(C)C(=O)O[C@@H]1[C@@H](COP2(=O)OCCC(c3cccc(Cl)c3)O2)O[C@@H](n2ccc(=O)[nH]c2=O)[C@]1(C)F. The molecule has 0 spiro atoms. The van der Waals surface area contributed by atoms with Crippen LogP contribution in [0.5, 0.6) is 0 Å². The Morgan fingerprint density at radius 3 is 2.71 bits per heavy atom. The number of nitrogens with one attached hydrogen (secondary N) is 1. The van der Waals surface area contributed by atoms with Crippen molar-refractivity contribution >= 4 is 25.4 Å². The molecule has 4 rings (SSSR count). The fourth-order valence-electron chi connectivity index (χ4n) is 4.11. The molecule has 0 radical (unpaired) electrons. The maximum Gasteiger partial charge on any atom is 0.475 e. The Morgan fingerprint density at radius 1 is 1.32 bits per heavy atom. The van der Waals surface area contributed by atoms with Crippen molar-refractivity contribution < 1.29 is 36.8 Å². The molecule has 2 unspecified atom stereocenters. The molecule has 2 aliphatic heterocycles. The molecule has 0 amide bonds. The summed E-state index contributed by atoms with van der Waals surface area (Å²) in [7, 11) is -4.15. The quantitative estimate of drug-likeness (QED) is 0.400. The lowest BCUT2D eigenvalue weighted by atomic mass is 9.95. The second kappa shape index (κ2) is 10.7. The lowest BCUT2D eigenvalue weighted by molar-refractivity contribution is -0.167. The molecule has 1 aromatic heterocycles. The van der Waals surface area contributed by atoms with Crippen LogP contribution < -0.4 is 11.2 Å². The molecule has 14 heteroatoms. The first-order valence-corrected chi connectivity index (χ1v) is 13.7. The van der Waals surface area contributed by atoms with Crippen LogP contribution in [0.1, 0.15) is 52.0 Å². The minimum atomic E-state index is -4.15. The molecule has 2 saturated heterocycles. The van der Waals surface area contributed by atoms with E-state index in [0.717, 1.165) is 23.8 Å². The van der Waals surface area contributed by atoms with Crippen molar-refractivity contribution in [2.75, 3.05) is 13.2 Å². The van der Waals surface area contributed by atoms with Gasteiger partial charge in [-0.25, -0.2) is 13.8 Å². The number of nitrogens with zero attached hydrogens (tertiary/aromatic N) is 1. The molecular weight excluding hydrogens is 546 g/mol. The third-order valence-corrected chi connectivity index (χ3v) is 7.85. The average molecular weight is 575 g/mol. The Bertz CT molecular complexity index is 1360. The number of halogens is 2. The van der Waals surface area contributed by atoms with E-state index < -0.39 is 67.3 Å². The molecule has 0 bridgehead atoms. The molecule has 0 aliphatic carbocycles. The molecule has 1 N–H and O–H groups in total. The number of hydrogen-bond donors (Lipinski definition) is 1. The summed E-state index contributed by atoms with van der Waals surface area (Å²) in [6, 6.07) is 7.87. The number of phosphoric acid groups is 1. The van der Waals surface area contributed by atoms with Crippen molar-refractivity contribution in [1.29, 1.82) is 0 Å². The second-order valence-electron chi connectivity index (χ2n) is 10.3. The summed E-state index contributed by atoms with van der Waals surface area (Å²) in [5.74, 6) is -0.729. The smallest absolute Gasteiger partial charge is 0.455 e. The molecule has 3 heterocycles. The van der Waals surface area contributed by atoms with E-state index in [9.17, 15) is 18.9 Å². The Kier molecular flexibility index (Phi) is 8.05. The predicted octanol–water partition coefficient (Wildman–Crippen LogP) is 4.08. The molecule has 208 valence electrons. The van der Waals surface area contributed by atoms with Gasteiger partial charge in [0.05, 0.1) is 24.7 Å². The minimum absolute atomic E-state index is 0.0542. The van der Waals surface area contributed by atoms with Crippen LogP contribution in [0, 0.1) is 5.41 Å². The molecule has 6 atom stereocenters. The highest BCUT2D eigenvalue weighted by atomic mass is 35.5. The molecular formula is C24H29ClFN2O9P. The van der Waals surface area contributed by atoms with E-state index in [1.54, 1.807) is 45.0 Å². The summed E-state index contributed by atoms with van der Waals surface area (Å²) in [4.78, 5) is 38.6. The number of aromatic nitrogens is 2. The van der Waals surface area contributed by atoms with Gasteiger partial charge in [-0.15, -0.1) is 0 Å². The van der Waals surface area contributed by atoms with Gasteiger partial charge in [0, 0.05) is 23.7 Å². The normalized spacial score (nSPS) is 31.7. The van der Waals surface area contributed by atoms with Gasteiger partial charge in [0.15, 0.2) is 18.0 Å². The Hall–Kier alpha value is -2.34. The number of carbonyl (C=O) groups is 1. The zero-order valence-corrected chi connectivity index (χ0v) is 22.9. The summed E-state index contributed by atoms with van der Waals surface area (Å²) in [6.07, 6.45) is -3.67. The molecule has 11 nitrogen and oxygen atoms in total. The summed E-state index contributed by atoms with van der Waals surface area (Å²) < 4.78 is 58.1. The van der Waals surface area contributed by atoms with Crippen LogP contribution in [0.3, 0.4) is 0 Å². The fraction of sp³-hybridized carbons (Fsp3) is 0.542. The standard InChI is InChI=1S/C24H29ClFN2O9P/c1-23(2,3)21(30)36-19-17(35-20(24(19,4)26)28-10-8-18(29)27-22(28)31)13-34-38(32)33-11-9-16(37-38)14-6-5-7-15(25)12-14/h5-8,10,12,16-17,19-20H,9,11,13H2,1-4H3,(H,27,29,31)/t16?,17-,19-,20-,24-,38?/m1/s1. The van der Waals surface area contributed by atoms with Crippen molar-refractivity contribution in [2.45, 2.75) is 64.3 Å². The topological polar surface area (TPSA) is 135 Å². The fourth-order valence-corrected chi connectivity index (χ4v) is 5.70. The maximum absolute atomic E-state index is 16.2. The Balaban J connectivity index is 1.57. The largest absolute Gasteiger partial charge is 0.475 e. The Morgan fingerprint density at radius 2 is 2.05 bits per heavy atom. The van der Waals surface area contributed by atoms with Crippen LogP contribution in [0.2, 0.25) is 5.02 Å². The number of esters is 1. The number of H-pyrrole nitrogens is 1. The van der Waals surface area contributed by atoms with Crippen molar-refractivity contribution in [3.8, 4) is 0 Å². The molecule has 2 aromatic rings. The Labute approximate surface area is 222 Å². The summed E-state index contributed by atoms with van der Waals surface area (Å²) >= 11 is 6.06. The summed E-state index contributed by atoms with van der Waals surface area (Å²) in [5.41, 5.74) is -4.37. The first-order chi connectivity index (χ1) is 17.7. The predicted molar refractivity (Wildman–Crippen MR) is 133 cm³/mol. The molecule has 2 fully saturated rings. The third-order valence-electron chi connectivity index (χ3n) is 6.13. The van der Waals surface area contributed by atoms with E-state index in [-0.39, 0.29) is 6.61 Å². The number of rotatable bonds is 6. The zero-order valence-electron chi connectivity index (χ0n) is 21.2. The van der Waals surface area contributed by atoms with E-state index in [1.807, 2.05) is 4.98 Å². The number of hydrogen-bond acceptors (Lipinski definition) is 9. The van der Waals surface area contributed by atoms with Gasteiger partial charge in [0.2, 0.25) is 0 Å². The average Bonchev–Trinajstić information content (AvgIpc) is 3.07. The highest BCUT2D eigenvalue weighted by molar-refractivity contribution is 7.48. The van der Waals surface area contributed by atoms with Crippen LogP contribution in [-0.4, -0.2) is 46.6 Å². The van der Waals surface area contributed by atoms with Gasteiger partial charge < -0.3 is 9.47 Å². The zero-order chi connectivity index (χ0) is 27.9. The van der Waals surface area contributed by atoms with Gasteiger partial charge in [-0.05, 0) is 45.4 Å². The van der Waals surface area contributed by atoms with Crippen LogP contribution >= 0.6 is 19.4 Å². The molecule has 0 saturated carbocycles. The maximum atomic E-state index is 16.2. The van der Waals surface area contributed by atoms with Crippen LogP contribution in [0.25, 0.3) is 0 Å². The van der Waals surface area contributed by atoms with E-state index in [4.69, 9.17) is 34.6 Å². The van der Waals surface area contributed by atoms with E-state index in [0.29, 0.717) is 17.0 Å². The first-order valence-electron chi connectivity index (χ1n) is 11.9. The van der Waals surface area contributed by atoms with Crippen molar-refractivity contribution in [2.24, 2.45) is 5.41 Å². The second-order valence-corrected chi connectivity index (χ2v) is 12.3. The van der Waals surface area contributed by atoms with Gasteiger partial charge in [-0.1, -0.05) is 23.7 Å². The van der Waals surface area contributed by atoms with Crippen molar-refractivity contribution in [3.05, 3.63) is 68.0 Å².